The van der Waals surface area contributed by atoms with Crippen molar-refractivity contribution in [2.45, 2.75) is 55.0 Å². The molecule has 0 fully saturated rings. The van der Waals surface area contributed by atoms with Crippen LogP contribution < -0.4 is 0 Å². The average molecular weight is 332 g/mol. The molecule has 1 rings (SSSR count). The lowest BCUT2D eigenvalue weighted by atomic mass is 10.1. The second kappa shape index (κ2) is 8.80. The molecule has 0 aliphatic carbocycles. The molecule has 0 radical (unpaired) electrons. The molecule has 1 aliphatic heterocycles. The Morgan fingerprint density at radius 3 is 2.83 bits per heavy atom. The Kier molecular flexibility index (Phi) is 7.74. The van der Waals surface area contributed by atoms with Gasteiger partial charge in [-0.3, -0.25) is 0 Å². The zero-order valence-corrected chi connectivity index (χ0v) is 13.0. The van der Waals surface area contributed by atoms with Gasteiger partial charge in [0.05, 0.1) is 17.6 Å². The first-order valence-electron chi connectivity index (χ1n) is 6.38. The van der Waals surface area contributed by atoms with Crippen LogP contribution in [0.15, 0.2) is 24.3 Å². The standard InChI is InChI=1S/C15H20BrClO/c1-3-5-6-11-15-13(17)10-8-7-9-12(16)14(4-2)18-15/h1,5-8,12-15H,4,9-11H2,2H3/b6-5+,8-7-/t12-,13+,14+,15-/m1/s1. The Labute approximate surface area is 124 Å². The molecule has 3 heteroatoms. The van der Waals surface area contributed by atoms with E-state index in [1.165, 1.54) is 0 Å². The quantitative estimate of drug-likeness (QED) is 0.422. The lowest BCUT2D eigenvalue weighted by Crippen LogP contribution is -2.33. The van der Waals surface area contributed by atoms with Crippen molar-refractivity contribution in [2.75, 3.05) is 0 Å². The van der Waals surface area contributed by atoms with E-state index in [-0.39, 0.29) is 17.6 Å². The molecule has 0 amide bonds. The molecule has 4 atom stereocenters. The highest BCUT2D eigenvalue weighted by molar-refractivity contribution is 9.09. The van der Waals surface area contributed by atoms with Crippen LogP contribution in [0.3, 0.4) is 0 Å². The van der Waals surface area contributed by atoms with E-state index in [0.717, 1.165) is 25.7 Å². The van der Waals surface area contributed by atoms with E-state index in [1.807, 2.05) is 6.08 Å². The smallest absolute Gasteiger partial charge is 0.0780 e. The maximum Gasteiger partial charge on any atom is 0.0780 e. The van der Waals surface area contributed by atoms with Crippen molar-refractivity contribution in [2.24, 2.45) is 0 Å². The van der Waals surface area contributed by atoms with Gasteiger partial charge in [0.25, 0.3) is 0 Å². The summed E-state index contributed by atoms with van der Waals surface area (Å²) in [7, 11) is 0. The highest BCUT2D eigenvalue weighted by Gasteiger charge is 2.26. The van der Waals surface area contributed by atoms with Gasteiger partial charge in [-0.25, -0.2) is 0 Å². The lowest BCUT2D eigenvalue weighted by Gasteiger charge is -2.28. The zero-order valence-electron chi connectivity index (χ0n) is 10.7. The summed E-state index contributed by atoms with van der Waals surface area (Å²) in [6, 6.07) is 0. The van der Waals surface area contributed by atoms with Gasteiger partial charge in [-0.2, -0.15) is 0 Å². The van der Waals surface area contributed by atoms with Gasteiger partial charge >= 0.3 is 0 Å². The third kappa shape index (κ3) is 5.18. The minimum atomic E-state index is -0.00414. The maximum atomic E-state index is 6.40. The van der Waals surface area contributed by atoms with Gasteiger partial charge in [-0.05, 0) is 31.8 Å². The molecule has 18 heavy (non-hydrogen) atoms. The van der Waals surface area contributed by atoms with Gasteiger partial charge in [0.15, 0.2) is 0 Å². The number of hydrogen-bond acceptors (Lipinski definition) is 1. The summed E-state index contributed by atoms with van der Waals surface area (Å²) >= 11 is 10.1. The second-order valence-electron chi connectivity index (χ2n) is 4.40. The van der Waals surface area contributed by atoms with Crippen LogP contribution in [0.4, 0.5) is 0 Å². The summed E-state index contributed by atoms with van der Waals surface area (Å²) in [5, 5.41) is -0.00414. The second-order valence-corrected chi connectivity index (χ2v) is 6.14. The molecule has 0 spiro atoms. The Hall–Kier alpha value is -0.230. The minimum Gasteiger partial charge on any atom is -0.372 e. The van der Waals surface area contributed by atoms with Crippen molar-refractivity contribution in [3.8, 4) is 12.3 Å². The van der Waals surface area contributed by atoms with Crippen LogP contribution in [0.5, 0.6) is 0 Å². The molecule has 1 heterocycles. The van der Waals surface area contributed by atoms with Crippen molar-refractivity contribution in [3.63, 3.8) is 0 Å². The highest BCUT2D eigenvalue weighted by Crippen LogP contribution is 2.26. The Morgan fingerprint density at radius 2 is 2.17 bits per heavy atom. The monoisotopic (exact) mass is 330 g/mol. The molecule has 1 nitrogen and oxygen atoms in total. The maximum absolute atomic E-state index is 6.40. The van der Waals surface area contributed by atoms with Crippen LogP contribution >= 0.6 is 27.5 Å². The Morgan fingerprint density at radius 1 is 1.44 bits per heavy atom. The number of hydrogen-bond donors (Lipinski definition) is 0. The number of rotatable bonds is 3. The third-order valence-corrected chi connectivity index (χ3v) is 4.45. The molecule has 0 saturated carbocycles. The normalized spacial score (nSPS) is 35.4. The average Bonchev–Trinajstić information content (AvgIpc) is 2.43. The molecule has 0 unspecified atom stereocenters. The summed E-state index contributed by atoms with van der Waals surface area (Å²) in [4.78, 5) is 0.347. The molecule has 0 N–H and O–H groups in total. The van der Waals surface area contributed by atoms with Gasteiger partial charge in [0, 0.05) is 4.83 Å². The Bertz CT molecular complexity index is 332. The van der Waals surface area contributed by atoms with Gasteiger partial charge in [-0.15, -0.1) is 18.0 Å². The van der Waals surface area contributed by atoms with E-state index in [0.29, 0.717) is 4.83 Å². The first-order valence-corrected chi connectivity index (χ1v) is 7.74. The van der Waals surface area contributed by atoms with Crippen LogP contribution in [0.2, 0.25) is 0 Å². The first-order chi connectivity index (χ1) is 8.69. The van der Waals surface area contributed by atoms with E-state index in [4.69, 9.17) is 22.8 Å². The number of alkyl halides is 2. The molecule has 0 aromatic rings. The fourth-order valence-electron chi connectivity index (χ4n) is 1.98. The molecule has 100 valence electrons. The largest absolute Gasteiger partial charge is 0.372 e. The molecular formula is C15H20BrClO. The summed E-state index contributed by atoms with van der Waals surface area (Å²) < 4.78 is 6.15. The predicted octanol–water partition coefficient (Wildman–Crippen LogP) is 4.45. The molecule has 0 saturated heterocycles. The topological polar surface area (TPSA) is 9.23 Å². The van der Waals surface area contributed by atoms with E-state index in [1.54, 1.807) is 6.08 Å². The van der Waals surface area contributed by atoms with Crippen molar-refractivity contribution >= 4 is 27.5 Å². The Balaban J connectivity index is 2.73. The van der Waals surface area contributed by atoms with Crippen molar-refractivity contribution in [3.05, 3.63) is 24.3 Å². The molecular weight excluding hydrogens is 312 g/mol. The molecule has 1 aliphatic rings. The molecule has 0 aromatic heterocycles. The van der Waals surface area contributed by atoms with Crippen LogP contribution in [0, 0.1) is 12.3 Å². The number of terminal acetylenes is 1. The van der Waals surface area contributed by atoms with E-state index >= 15 is 0 Å². The predicted molar refractivity (Wildman–Crippen MR) is 82.3 cm³/mol. The summed E-state index contributed by atoms with van der Waals surface area (Å²) in [5.41, 5.74) is 0. The third-order valence-electron chi connectivity index (χ3n) is 3.03. The first kappa shape index (κ1) is 15.8. The van der Waals surface area contributed by atoms with Crippen LogP contribution in [-0.4, -0.2) is 22.4 Å². The van der Waals surface area contributed by atoms with E-state index in [2.05, 4.69) is 40.9 Å². The fraction of sp³-hybridized carbons (Fsp3) is 0.600. The van der Waals surface area contributed by atoms with Gasteiger partial charge in [0.2, 0.25) is 0 Å². The van der Waals surface area contributed by atoms with Gasteiger partial charge < -0.3 is 4.74 Å². The highest BCUT2D eigenvalue weighted by atomic mass is 79.9. The molecule has 0 aromatic carbocycles. The number of allylic oxidation sites excluding steroid dienone is 3. The SMILES string of the molecule is C#C/C=C/C[C@H]1O[C@@H](CC)[C@H](Br)C/C=C\C[C@@H]1Cl. The van der Waals surface area contributed by atoms with Crippen LogP contribution in [-0.2, 0) is 4.74 Å². The molecule has 0 bridgehead atoms. The van der Waals surface area contributed by atoms with Gasteiger partial charge in [0.1, 0.15) is 0 Å². The summed E-state index contributed by atoms with van der Waals surface area (Å²) in [6.07, 6.45) is 17.0. The van der Waals surface area contributed by atoms with E-state index < -0.39 is 0 Å². The summed E-state index contributed by atoms with van der Waals surface area (Å²) in [5.74, 6) is 2.49. The van der Waals surface area contributed by atoms with Crippen molar-refractivity contribution in [1.82, 2.24) is 0 Å². The number of ether oxygens (including phenoxy) is 1. The lowest BCUT2D eigenvalue weighted by molar-refractivity contribution is -0.0123. The number of halogens is 2. The fourth-order valence-corrected chi connectivity index (χ4v) is 2.96. The van der Waals surface area contributed by atoms with Crippen molar-refractivity contribution in [1.29, 1.82) is 0 Å². The van der Waals surface area contributed by atoms with E-state index in [9.17, 15) is 0 Å². The zero-order chi connectivity index (χ0) is 13.4. The van der Waals surface area contributed by atoms with Gasteiger partial charge in [-0.1, -0.05) is 47.0 Å². The van der Waals surface area contributed by atoms with Crippen molar-refractivity contribution < 1.29 is 4.74 Å². The van der Waals surface area contributed by atoms with Crippen LogP contribution in [0.1, 0.15) is 32.6 Å². The summed E-state index contributed by atoms with van der Waals surface area (Å²) in [6.45, 7) is 2.14. The van der Waals surface area contributed by atoms with Crippen LogP contribution in [0.25, 0.3) is 0 Å². The minimum absolute atomic E-state index is 0.00414.